The molecule has 0 aliphatic heterocycles. The van der Waals surface area contributed by atoms with Crippen molar-refractivity contribution in [2.45, 2.75) is 56.4 Å². The highest BCUT2D eigenvalue weighted by Crippen LogP contribution is 2.21. The molecule has 2 amide bonds. The van der Waals surface area contributed by atoms with E-state index in [0.717, 1.165) is 38.3 Å². The number of carbonyl (C=O) groups is 3. The maximum Gasteiger partial charge on any atom is 0.357 e. The maximum atomic E-state index is 12.6. The van der Waals surface area contributed by atoms with Crippen molar-refractivity contribution in [2.75, 3.05) is 19.8 Å². The van der Waals surface area contributed by atoms with E-state index in [1.54, 1.807) is 0 Å². The average Bonchev–Trinajstić information content (AvgIpc) is 2.89. The topological polar surface area (TPSA) is 141 Å². The SMILES string of the molecule is CCOCCCNC(=O)c1ccc(S(=O)(=O)NC(=O)c2ccc(C(=O)OC3CCCCC3)nc2)cc1. The highest BCUT2D eigenvalue weighted by atomic mass is 32.2. The molecule has 1 aliphatic carbocycles. The first-order valence-corrected chi connectivity index (χ1v) is 13.5. The number of nitrogens with one attached hydrogen (secondary N) is 2. The minimum absolute atomic E-state index is 0.0316. The zero-order chi connectivity index (χ0) is 26.0. The molecular formula is C25H31N3O7S. The van der Waals surface area contributed by atoms with Gasteiger partial charge < -0.3 is 14.8 Å². The van der Waals surface area contributed by atoms with E-state index in [1.807, 2.05) is 11.6 Å². The third kappa shape index (κ3) is 7.85. The summed E-state index contributed by atoms with van der Waals surface area (Å²) in [7, 11) is -4.19. The lowest BCUT2D eigenvalue weighted by Crippen LogP contribution is -2.31. The average molecular weight is 518 g/mol. The van der Waals surface area contributed by atoms with Crippen LogP contribution >= 0.6 is 0 Å². The molecule has 1 aromatic carbocycles. The molecule has 10 nitrogen and oxygen atoms in total. The Morgan fingerprint density at radius 3 is 2.31 bits per heavy atom. The molecule has 1 aromatic heterocycles. The van der Waals surface area contributed by atoms with Gasteiger partial charge in [0.25, 0.3) is 21.8 Å². The van der Waals surface area contributed by atoms with Crippen molar-refractivity contribution in [3.8, 4) is 0 Å². The summed E-state index contributed by atoms with van der Waals surface area (Å²) in [6.45, 7) is 3.47. The Bertz CT molecular complexity index is 1140. The molecule has 0 bridgehead atoms. The van der Waals surface area contributed by atoms with Gasteiger partial charge in [-0.3, -0.25) is 9.59 Å². The quantitative estimate of drug-likeness (QED) is 0.342. The van der Waals surface area contributed by atoms with Crippen LogP contribution < -0.4 is 10.0 Å². The third-order valence-corrected chi connectivity index (χ3v) is 7.02. The Balaban J connectivity index is 1.55. The predicted octanol–water partition coefficient (Wildman–Crippen LogP) is 2.85. The van der Waals surface area contributed by atoms with Crippen LogP contribution in [0.3, 0.4) is 0 Å². The first-order chi connectivity index (χ1) is 17.3. The van der Waals surface area contributed by atoms with Crippen LogP contribution in [0.2, 0.25) is 0 Å². The number of sulfonamides is 1. The van der Waals surface area contributed by atoms with Gasteiger partial charge in [-0.1, -0.05) is 6.42 Å². The van der Waals surface area contributed by atoms with Crippen molar-refractivity contribution >= 4 is 27.8 Å². The summed E-state index contributed by atoms with van der Waals surface area (Å²) in [6.07, 6.45) is 6.48. The van der Waals surface area contributed by atoms with Crippen LogP contribution in [0.15, 0.2) is 47.5 Å². The molecular weight excluding hydrogens is 486 g/mol. The fraction of sp³-hybridized carbons (Fsp3) is 0.440. The summed E-state index contributed by atoms with van der Waals surface area (Å²) in [6, 6.07) is 7.86. The van der Waals surface area contributed by atoms with Crippen molar-refractivity contribution < 1.29 is 32.3 Å². The van der Waals surface area contributed by atoms with Crippen molar-refractivity contribution in [3.05, 3.63) is 59.4 Å². The summed E-state index contributed by atoms with van der Waals surface area (Å²) in [5.74, 6) is -1.81. The highest BCUT2D eigenvalue weighted by molar-refractivity contribution is 7.90. The molecule has 1 aliphatic rings. The summed E-state index contributed by atoms with van der Waals surface area (Å²) in [4.78, 5) is 40.7. The van der Waals surface area contributed by atoms with E-state index in [9.17, 15) is 22.8 Å². The molecule has 194 valence electrons. The van der Waals surface area contributed by atoms with Crippen LogP contribution in [0.5, 0.6) is 0 Å². The van der Waals surface area contributed by atoms with Gasteiger partial charge in [-0.05, 0) is 75.4 Å². The molecule has 11 heteroatoms. The fourth-order valence-electron chi connectivity index (χ4n) is 3.69. The van der Waals surface area contributed by atoms with Crippen LogP contribution in [-0.2, 0) is 19.5 Å². The van der Waals surface area contributed by atoms with Crippen molar-refractivity contribution in [1.82, 2.24) is 15.0 Å². The number of pyridine rings is 1. The number of aromatic nitrogens is 1. The monoisotopic (exact) mass is 517 g/mol. The number of esters is 1. The van der Waals surface area contributed by atoms with Crippen LogP contribution in [0.4, 0.5) is 0 Å². The van der Waals surface area contributed by atoms with Gasteiger partial charge in [0.2, 0.25) is 0 Å². The number of ether oxygens (including phenoxy) is 2. The molecule has 0 saturated heterocycles. The molecule has 0 radical (unpaired) electrons. The molecule has 0 spiro atoms. The second-order valence-corrected chi connectivity index (χ2v) is 10.0. The molecule has 1 saturated carbocycles. The Kier molecular flexibility index (Phi) is 9.95. The van der Waals surface area contributed by atoms with Crippen molar-refractivity contribution in [1.29, 1.82) is 0 Å². The first-order valence-electron chi connectivity index (χ1n) is 12.0. The number of hydrogen-bond donors (Lipinski definition) is 2. The lowest BCUT2D eigenvalue weighted by molar-refractivity contribution is 0.0204. The first kappa shape index (κ1) is 27.3. The lowest BCUT2D eigenvalue weighted by atomic mass is 9.98. The van der Waals surface area contributed by atoms with Gasteiger partial charge >= 0.3 is 5.97 Å². The smallest absolute Gasteiger partial charge is 0.357 e. The van der Waals surface area contributed by atoms with E-state index >= 15 is 0 Å². The number of rotatable bonds is 11. The van der Waals surface area contributed by atoms with Crippen LogP contribution in [0.1, 0.15) is 76.7 Å². The van der Waals surface area contributed by atoms with Crippen LogP contribution in [0, 0.1) is 0 Å². The van der Waals surface area contributed by atoms with E-state index in [4.69, 9.17) is 9.47 Å². The van der Waals surface area contributed by atoms with Gasteiger partial charge in [0.1, 0.15) is 11.8 Å². The number of nitrogens with zero attached hydrogens (tertiary/aromatic N) is 1. The zero-order valence-corrected chi connectivity index (χ0v) is 21.0. The van der Waals surface area contributed by atoms with Gasteiger partial charge in [0, 0.05) is 31.5 Å². The lowest BCUT2D eigenvalue weighted by Gasteiger charge is -2.21. The molecule has 1 fully saturated rings. The summed E-state index contributed by atoms with van der Waals surface area (Å²) in [5, 5.41) is 2.73. The van der Waals surface area contributed by atoms with E-state index in [2.05, 4.69) is 10.3 Å². The highest BCUT2D eigenvalue weighted by Gasteiger charge is 2.22. The van der Waals surface area contributed by atoms with E-state index < -0.39 is 21.9 Å². The molecule has 0 atom stereocenters. The number of carbonyl (C=O) groups excluding carboxylic acids is 3. The minimum atomic E-state index is -4.19. The van der Waals surface area contributed by atoms with E-state index in [0.29, 0.717) is 26.2 Å². The molecule has 3 rings (SSSR count). The summed E-state index contributed by atoms with van der Waals surface area (Å²) < 4.78 is 37.9. The number of amides is 2. The normalized spacial score (nSPS) is 14.1. The van der Waals surface area contributed by atoms with Gasteiger partial charge in [-0.15, -0.1) is 0 Å². The second-order valence-electron chi connectivity index (χ2n) is 8.36. The van der Waals surface area contributed by atoms with Crippen LogP contribution in [0.25, 0.3) is 0 Å². The molecule has 2 aromatic rings. The largest absolute Gasteiger partial charge is 0.458 e. The third-order valence-electron chi connectivity index (χ3n) is 5.67. The second kappa shape index (κ2) is 13.1. The Hall–Kier alpha value is -3.31. The fourth-order valence-corrected chi connectivity index (χ4v) is 4.67. The Morgan fingerprint density at radius 2 is 1.67 bits per heavy atom. The standard InChI is InChI=1S/C25H31N3O7S/c1-2-34-16-6-15-26-23(29)18-9-12-21(13-10-18)36(32,33)28-24(30)19-11-14-22(27-17-19)25(31)35-20-7-4-3-5-8-20/h9-14,17,20H,2-8,15-16H2,1H3,(H,26,29)(H,28,30). The zero-order valence-electron chi connectivity index (χ0n) is 20.2. The summed E-state index contributed by atoms with van der Waals surface area (Å²) >= 11 is 0. The van der Waals surface area contributed by atoms with Crippen LogP contribution in [-0.4, -0.2) is 57.0 Å². The number of hydrogen-bond acceptors (Lipinski definition) is 8. The molecule has 36 heavy (non-hydrogen) atoms. The minimum Gasteiger partial charge on any atom is -0.458 e. The molecule has 0 unspecified atom stereocenters. The molecule has 2 N–H and O–H groups in total. The van der Waals surface area contributed by atoms with Gasteiger partial charge in [0.05, 0.1) is 10.5 Å². The maximum absolute atomic E-state index is 12.6. The Labute approximate surface area is 210 Å². The van der Waals surface area contributed by atoms with Gasteiger partial charge in [0.15, 0.2) is 0 Å². The predicted molar refractivity (Wildman–Crippen MR) is 131 cm³/mol. The van der Waals surface area contributed by atoms with Crippen molar-refractivity contribution in [2.24, 2.45) is 0 Å². The number of benzene rings is 1. The Morgan fingerprint density at radius 1 is 0.972 bits per heavy atom. The van der Waals surface area contributed by atoms with E-state index in [1.165, 1.54) is 36.4 Å². The van der Waals surface area contributed by atoms with E-state index in [-0.39, 0.29) is 33.7 Å². The summed E-state index contributed by atoms with van der Waals surface area (Å²) in [5.41, 5.74) is 0.305. The van der Waals surface area contributed by atoms with Crippen molar-refractivity contribution in [3.63, 3.8) is 0 Å². The van der Waals surface area contributed by atoms with Gasteiger partial charge in [-0.2, -0.15) is 0 Å². The molecule has 1 heterocycles. The van der Waals surface area contributed by atoms with Gasteiger partial charge in [-0.25, -0.2) is 22.9 Å².